The van der Waals surface area contributed by atoms with Gasteiger partial charge in [0.1, 0.15) is 17.2 Å². The lowest BCUT2D eigenvalue weighted by molar-refractivity contribution is 0.0934. The van der Waals surface area contributed by atoms with E-state index in [1.807, 2.05) is 0 Å². The summed E-state index contributed by atoms with van der Waals surface area (Å²) in [5.74, 6) is -2.85. The number of nitrogen functional groups attached to an aromatic ring is 1. The molecule has 2 aromatic carbocycles. The maximum absolute atomic E-state index is 15.1. The zero-order valence-electron chi connectivity index (χ0n) is 16.6. The predicted octanol–water partition coefficient (Wildman–Crippen LogP) is 3.76. The van der Waals surface area contributed by atoms with Crippen molar-refractivity contribution < 1.29 is 18.7 Å². The van der Waals surface area contributed by atoms with Crippen LogP contribution in [0.5, 0.6) is 0 Å². The number of aliphatic hydroxyl groups is 1. The van der Waals surface area contributed by atoms with E-state index in [1.165, 1.54) is 22.8 Å². The fourth-order valence-electron chi connectivity index (χ4n) is 3.31. The number of aliphatic hydroxyl groups excluding tert-OH is 1. The number of nitrogens with zero attached hydrogens (tertiary/aromatic N) is 3. The Morgan fingerprint density at radius 2 is 1.94 bits per heavy atom. The molecule has 0 saturated carbocycles. The van der Waals surface area contributed by atoms with E-state index in [0.29, 0.717) is 21.8 Å². The molecule has 0 bridgehead atoms. The van der Waals surface area contributed by atoms with Gasteiger partial charge in [0.2, 0.25) is 5.95 Å². The quantitative estimate of drug-likeness (QED) is 0.409. The first kappa shape index (κ1) is 21.7. The second kappa shape index (κ2) is 8.89. The van der Waals surface area contributed by atoms with Crippen molar-refractivity contribution in [3.63, 3.8) is 0 Å². The van der Waals surface area contributed by atoms with Crippen LogP contribution in [0, 0.1) is 11.6 Å². The van der Waals surface area contributed by atoms with Gasteiger partial charge < -0.3 is 16.2 Å². The summed E-state index contributed by atoms with van der Waals surface area (Å²) >= 11 is 5.82. The summed E-state index contributed by atoms with van der Waals surface area (Å²) in [6.45, 7) is 0.0106. The van der Waals surface area contributed by atoms with Crippen LogP contribution in [-0.4, -0.2) is 32.2 Å². The van der Waals surface area contributed by atoms with Crippen molar-refractivity contribution in [2.75, 3.05) is 12.3 Å². The van der Waals surface area contributed by atoms with Gasteiger partial charge in [0.05, 0.1) is 6.10 Å². The number of hydrogen-bond donors (Lipinski definition) is 3. The van der Waals surface area contributed by atoms with E-state index in [1.54, 1.807) is 30.3 Å². The molecule has 2 heterocycles. The minimum atomic E-state index is -1.00. The Bertz CT molecular complexity index is 1290. The molecule has 0 aliphatic carbocycles. The lowest BCUT2D eigenvalue weighted by Crippen LogP contribution is -2.27. The summed E-state index contributed by atoms with van der Waals surface area (Å²) < 4.78 is 30.9. The fourth-order valence-corrected chi connectivity index (χ4v) is 3.44. The molecule has 0 spiro atoms. The van der Waals surface area contributed by atoms with Crippen molar-refractivity contribution in [3.05, 3.63) is 82.5 Å². The Balaban J connectivity index is 1.51. The third-order valence-electron chi connectivity index (χ3n) is 4.94. The number of benzene rings is 2. The molecule has 1 atom stereocenters. The first-order chi connectivity index (χ1) is 15.3. The van der Waals surface area contributed by atoms with Gasteiger partial charge >= 0.3 is 0 Å². The summed E-state index contributed by atoms with van der Waals surface area (Å²) in [7, 11) is 0. The molecule has 10 heteroatoms. The molecule has 0 unspecified atom stereocenters. The highest BCUT2D eigenvalue weighted by atomic mass is 35.5. The number of aromatic nitrogens is 3. The molecular formula is C22H18ClF2N5O2. The zero-order valence-corrected chi connectivity index (χ0v) is 17.4. The second-order valence-electron chi connectivity index (χ2n) is 7.08. The predicted molar refractivity (Wildman–Crippen MR) is 116 cm³/mol. The van der Waals surface area contributed by atoms with E-state index in [9.17, 15) is 14.3 Å². The van der Waals surface area contributed by atoms with Crippen LogP contribution < -0.4 is 11.1 Å². The molecule has 1 amide bonds. The molecular weight excluding hydrogens is 440 g/mol. The molecule has 4 rings (SSSR count). The van der Waals surface area contributed by atoms with Gasteiger partial charge in [-0.05, 0) is 53.9 Å². The Morgan fingerprint density at radius 3 is 2.69 bits per heavy atom. The Morgan fingerprint density at radius 1 is 1.19 bits per heavy atom. The normalized spacial score (nSPS) is 12.1. The zero-order chi connectivity index (χ0) is 22.8. The molecule has 2 aromatic heterocycles. The highest BCUT2D eigenvalue weighted by molar-refractivity contribution is 6.30. The van der Waals surface area contributed by atoms with Crippen molar-refractivity contribution in [1.82, 2.24) is 19.9 Å². The number of nitrogens with two attached hydrogens (primary N) is 1. The smallest absolute Gasteiger partial charge is 0.257 e. The third kappa shape index (κ3) is 4.39. The van der Waals surface area contributed by atoms with Crippen LogP contribution in [0.4, 0.5) is 14.7 Å². The van der Waals surface area contributed by atoms with E-state index in [0.717, 1.165) is 6.07 Å². The minimum absolute atomic E-state index is 0.0106. The molecule has 164 valence electrons. The van der Waals surface area contributed by atoms with E-state index in [-0.39, 0.29) is 24.5 Å². The standard InChI is InChI=1S/C22H18ClF2N5O2/c23-14-3-1-12(2-4-14)17(31)7-9-27-21(32)19-16(24)6-5-15(20(19)25)13-8-10-30-18(11-13)28-22(26)29-30/h1-6,8,10-11,17,31H,7,9H2,(H2,26,29)(H,27,32)/t17-/m0/s1. The van der Waals surface area contributed by atoms with Gasteiger partial charge in [-0.25, -0.2) is 13.3 Å². The van der Waals surface area contributed by atoms with Gasteiger partial charge in [0.15, 0.2) is 5.65 Å². The number of rotatable bonds is 6. The summed E-state index contributed by atoms with van der Waals surface area (Å²) in [4.78, 5) is 16.5. The van der Waals surface area contributed by atoms with Crippen LogP contribution in [0.25, 0.3) is 16.8 Å². The van der Waals surface area contributed by atoms with E-state index < -0.39 is 29.2 Å². The minimum Gasteiger partial charge on any atom is -0.388 e. The first-order valence-electron chi connectivity index (χ1n) is 9.65. The van der Waals surface area contributed by atoms with Crippen molar-refractivity contribution in [2.24, 2.45) is 0 Å². The second-order valence-corrected chi connectivity index (χ2v) is 7.52. The fraction of sp³-hybridized carbons (Fsp3) is 0.136. The molecule has 0 aliphatic rings. The molecule has 32 heavy (non-hydrogen) atoms. The SMILES string of the molecule is Nc1nc2cc(-c3ccc(F)c(C(=O)NCC[C@H](O)c4ccc(Cl)cc4)c3F)ccn2n1. The van der Waals surface area contributed by atoms with E-state index in [2.05, 4.69) is 15.4 Å². The summed E-state index contributed by atoms with van der Waals surface area (Å²) in [6, 6.07) is 12.0. The monoisotopic (exact) mass is 457 g/mol. The summed E-state index contributed by atoms with van der Waals surface area (Å²) in [5, 5.41) is 17.2. The maximum atomic E-state index is 15.1. The van der Waals surface area contributed by atoms with Crippen LogP contribution in [0.15, 0.2) is 54.7 Å². The number of anilines is 1. The molecule has 0 saturated heterocycles. The molecule has 4 N–H and O–H groups in total. The third-order valence-corrected chi connectivity index (χ3v) is 5.19. The highest BCUT2D eigenvalue weighted by Gasteiger charge is 2.22. The number of pyridine rings is 1. The van der Waals surface area contributed by atoms with Gasteiger partial charge in [-0.2, -0.15) is 4.98 Å². The average Bonchev–Trinajstić information content (AvgIpc) is 3.13. The number of halogens is 3. The number of amides is 1. The largest absolute Gasteiger partial charge is 0.388 e. The van der Waals surface area contributed by atoms with Crippen LogP contribution in [-0.2, 0) is 0 Å². The van der Waals surface area contributed by atoms with Gasteiger partial charge in [-0.1, -0.05) is 23.7 Å². The lowest BCUT2D eigenvalue weighted by Gasteiger charge is -2.13. The first-order valence-corrected chi connectivity index (χ1v) is 10.0. The van der Waals surface area contributed by atoms with E-state index in [4.69, 9.17) is 17.3 Å². The summed E-state index contributed by atoms with van der Waals surface area (Å²) in [5.41, 5.74) is 6.27. The van der Waals surface area contributed by atoms with Gasteiger partial charge in [0, 0.05) is 23.3 Å². The Labute approximate surface area is 186 Å². The number of carbonyl (C=O) groups is 1. The van der Waals surface area contributed by atoms with E-state index >= 15 is 4.39 Å². The number of hydrogen-bond acceptors (Lipinski definition) is 5. The topological polar surface area (TPSA) is 106 Å². The Kier molecular flexibility index (Phi) is 6.02. The molecule has 0 fully saturated rings. The van der Waals surface area contributed by atoms with Gasteiger partial charge in [-0.3, -0.25) is 4.79 Å². The van der Waals surface area contributed by atoms with Gasteiger partial charge in [0.25, 0.3) is 5.91 Å². The average molecular weight is 458 g/mol. The molecule has 4 aromatic rings. The molecule has 0 radical (unpaired) electrons. The van der Waals surface area contributed by atoms with Crippen molar-refractivity contribution in [2.45, 2.75) is 12.5 Å². The number of carbonyl (C=O) groups excluding carboxylic acids is 1. The van der Waals surface area contributed by atoms with Crippen molar-refractivity contribution in [1.29, 1.82) is 0 Å². The van der Waals surface area contributed by atoms with Crippen LogP contribution >= 0.6 is 11.6 Å². The maximum Gasteiger partial charge on any atom is 0.257 e. The van der Waals surface area contributed by atoms with Crippen LogP contribution in [0.3, 0.4) is 0 Å². The molecule has 0 aliphatic heterocycles. The highest BCUT2D eigenvalue weighted by Crippen LogP contribution is 2.28. The Hall–Kier alpha value is -3.56. The van der Waals surface area contributed by atoms with Crippen molar-refractivity contribution in [3.8, 4) is 11.1 Å². The number of nitrogens with one attached hydrogen (secondary N) is 1. The number of fused-ring (bicyclic) bond motifs is 1. The summed E-state index contributed by atoms with van der Waals surface area (Å²) in [6.07, 6.45) is 0.826. The van der Waals surface area contributed by atoms with Crippen LogP contribution in [0.2, 0.25) is 5.02 Å². The van der Waals surface area contributed by atoms with Gasteiger partial charge in [-0.15, -0.1) is 5.10 Å². The van der Waals surface area contributed by atoms with Crippen molar-refractivity contribution >= 4 is 29.1 Å². The molecule has 7 nitrogen and oxygen atoms in total. The lowest BCUT2D eigenvalue weighted by atomic mass is 10.0. The van der Waals surface area contributed by atoms with Crippen LogP contribution in [0.1, 0.15) is 28.4 Å².